The molecule has 2 atom stereocenters. The van der Waals surface area contributed by atoms with Crippen LogP contribution in [0.5, 0.6) is 5.75 Å². The van der Waals surface area contributed by atoms with Crippen molar-refractivity contribution in [2.24, 2.45) is 5.92 Å². The molecule has 0 radical (unpaired) electrons. The lowest BCUT2D eigenvalue weighted by molar-refractivity contribution is 0.242. The van der Waals surface area contributed by atoms with E-state index >= 15 is 0 Å². The molecule has 0 aliphatic heterocycles. The van der Waals surface area contributed by atoms with Gasteiger partial charge >= 0.3 is 0 Å². The number of nitrogens with one attached hydrogen (secondary N) is 1. The van der Waals surface area contributed by atoms with Crippen molar-refractivity contribution in [3.05, 3.63) is 29.8 Å². The van der Waals surface area contributed by atoms with Crippen molar-refractivity contribution in [3.8, 4) is 5.75 Å². The van der Waals surface area contributed by atoms with Gasteiger partial charge in [-0.2, -0.15) is 0 Å². The molecule has 120 valence electrons. The lowest BCUT2D eigenvalue weighted by Gasteiger charge is -2.26. The smallest absolute Gasteiger partial charge is 0.119 e. The molecule has 1 aromatic carbocycles. The number of ether oxygens (including phenoxy) is 1. The predicted octanol–water partition coefficient (Wildman–Crippen LogP) is 3.71. The molecule has 0 amide bonds. The first kappa shape index (κ1) is 18.0. The van der Waals surface area contributed by atoms with Gasteiger partial charge in [-0.1, -0.05) is 32.4 Å². The second-order valence-corrected chi connectivity index (χ2v) is 6.31. The monoisotopic (exact) mass is 292 g/mol. The van der Waals surface area contributed by atoms with Crippen LogP contribution in [0, 0.1) is 5.92 Å². The normalized spacial score (nSPS) is 14.5. The molecule has 0 heterocycles. The molecular weight excluding hydrogens is 260 g/mol. The summed E-state index contributed by atoms with van der Waals surface area (Å²) in [4.78, 5) is 2.41. The van der Waals surface area contributed by atoms with Gasteiger partial charge in [-0.05, 0) is 51.6 Å². The van der Waals surface area contributed by atoms with Gasteiger partial charge in [0.25, 0.3) is 0 Å². The van der Waals surface area contributed by atoms with Crippen LogP contribution >= 0.6 is 0 Å². The molecule has 0 bridgehead atoms. The maximum atomic E-state index is 5.70. The highest BCUT2D eigenvalue weighted by atomic mass is 16.5. The summed E-state index contributed by atoms with van der Waals surface area (Å²) >= 11 is 0. The van der Waals surface area contributed by atoms with Crippen LogP contribution < -0.4 is 10.1 Å². The van der Waals surface area contributed by atoms with Gasteiger partial charge < -0.3 is 15.0 Å². The van der Waals surface area contributed by atoms with Crippen LogP contribution in [-0.2, 0) is 0 Å². The molecule has 0 saturated carbocycles. The van der Waals surface area contributed by atoms with Crippen molar-refractivity contribution >= 4 is 0 Å². The van der Waals surface area contributed by atoms with E-state index in [4.69, 9.17) is 4.74 Å². The number of benzene rings is 1. The maximum Gasteiger partial charge on any atom is 0.119 e. The van der Waals surface area contributed by atoms with Crippen LogP contribution in [0.15, 0.2) is 24.3 Å². The summed E-state index contributed by atoms with van der Waals surface area (Å²) in [5.74, 6) is 1.69. The number of hydrogen-bond acceptors (Lipinski definition) is 3. The average molecular weight is 292 g/mol. The van der Waals surface area contributed by atoms with Crippen LogP contribution in [0.25, 0.3) is 0 Å². The van der Waals surface area contributed by atoms with Crippen LogP contribution in [0.4, 0.5) is 0 Å². The Morgan fingerprint density at radius 2 is 1.71 bits per heavy atom. The van der Waals surface area contributed by atoms with E-state index in [0.717, 1.165) is 24.8 Å². The molecule has 0 aliphatic rings. The molecule has 1 rings (SSSR count). The van der Waals surface area contributed by atoms with Gasteiger partial charge in [-0.15, -0.1) is 0 Å². The Morgan fingerprint density at radius 1 is 1.10 bits per heavy atom. The summed E-state index contributed by atoms with van der Waals surface area (Å²) < 4.78 is 5.70. The number of likely N-dealkylation sites (N-methyl/N-ethyl adjacent to an activating group) is 2. The molecular formula is C18H32N2O. The summed E-state index contributed by atoms with van der Waals surface area (Å²) in [6, 6.07) is 8.81. The number of rotatable bonds is 9. The first-order valence-corrected chi connectivity index (χ1v) is 8.08. The van der Waals surface area contributed by atoms with Gasteiger partial charge in [-0.3, -0.25) is 0 Å². The Balaban J connectivity index is 2.63. The molecule has 0 aliphatic carbocycles. The van der Waals surface area contributed by atoms with Gasteiger partial charge in [0.15, 0.2) is 0 Å². The topological polar surface area (TPSA) is 24.5 Å². The lowest BCUT2D eigenvalue weighted by Crippen LogP contribution is -2.33. The fraction of sp³-hybridized carbons (Fsp3) is 0.667. The Morgan fingerprint density at radius 3 is 2.19 bits per heavy atom. The first-order valence-electron chi connectivity index (χ1n) is 8.08. The van der Waals surface area contributed by atoms with E-state index in [0.29, 0.717) is 6.04 Å². The third-order valence-electron chi connectivity index (χ3n) is 3.82. The molecule has 0 aromatic heterocycles. The Bertz CT molecular complexity index is 389. The zero-order valence-corrected chi connectivity index (χ0v) is 14.5. The minimum atomic E-state index is 0.220. The molecule has 1 aromatic rings. The molecule has 1 N–H and O–H groups in total. The highest BCUT2D eigenvalue weighted by molar-refractivity contribution is 5.29. The van der Waals surface area contributed by atoms with Crippen molar-refractivity contribution in [2.45, 2.75) is 46.3 Å². The zero-order valence-electron chi connectivity index (χ0n) is 14.5. The zero-order chi connectivity index (χ0) is 15.8. The largest absolute Gasteiger partial charge is 0.491 e. The highest BCUT2D eigenvalue weighted by Crippen LogP contribution is 2.19. The molecule has 3 heteroatoms. The van der Waals surface area contributed by atoms with Crippen LogP contribution in [-0.4, -0.2) is 38.2 Å². The van der Waals surface area contributed by atoms with E-state index in [1.165, 1.54) is 12.0 Å². The Kier molecular flexibility index (Phi) is 7.76. The van der Waals surface area contributed by atoms with Crippen LogP contribution in [0.3, 0.4) is 0 Å². The fourth-order valence-corrected chi connectivity index (χ4v) is 2.46. The lowest BCUT2D eigenvalue weighted by atomic mass is 10.0. The van der Waals surface area contributed by atoms with Crippen molar-refractivity contribution in [2.75, 3.05) is 27.2 Å². The van der Waals surface area contributed by atoms with Crippen LogP contribution in [0.2, 0.25) is 0 Å². The highest BCUT2D eigenvalue weighted by Gasteiger charge is 2.13. The Hall–Kier alpha value is -1.06. The average Bonchev–Trinajstić information content (AvgIpc) is 2.45. The quantitative estimate of drug-likeness (QED) is 0.751. The van der Waals surface area contributed by atoms with Gasteiger partial charge in [0.05, 0.1) is 6.10 Å². The van der Waals surface area contributed by atoms with Crippen molar-refractivity contribution in [3.63, 3.8) is 0 Å². The summed E-state index contributed by atoms with van der Waals surface area (Å²) in [6.45, 7) is 10.8. The standard InChI is InChI=1S/C18H32N2O/c1-7-15(4)12-20(6)13-18(19-5)16-8-10-17(11-9-16)21-14(2)3/h8-11,14-15,18-19H,7,12-13H2,1-6H3. The predicted molar refractivity (Wildman–Crippen MR) is 91.0 cm³/mol. The molecule has 21 heavy (non-hydrogen) atoms. The second-order valence-electron chi connectivity index (χ2n) is 6.31. The molecule has 0 saturated heterocycles. The number of hydrogen-bond donors (Lipinski definition) is 1. The summed E-state index contributed by atoms with van der Waals surface area (Å²) in [7, 11) is 4.23. The minimum absolute atomic E-state index is 0.220. The summed E-state index contributed by atoms with van der Waals surface area (Å²) in [5, 5.41) is 3.42. The number of nitrogens with zero attached hydrogens (tertiary/aromatic N) is 1. The van der Waals surface area contributed by atoms with E-state index in [-0.39, 0.29) is 6.10 Å². The van der Waals surface area contributed by atoms with Gasteiger partial charge in [-0.25, -0.2) is 0 Å². The van der Waals surface area contributed by atoms with Gasteiger partial charge in [0.1, 0.15) is 5.75 Å². The third kappa shape index (κ3) is 6.49. The van der Waals surface area contributed by atoms with Crippen molar-refractivity contribution in [1.82, 2.24) is 10.2 Å². The van der Waals surface area contributed by atoms with Gasteiger partial charge in [0.2, 0.25) is 0 Å². The SMILES string of the molecule is CCC(C)CN(C)CC(NC)c1ccc(OC(C)C)cc1. The van der Waals surface area contributed by atoms with Crippen molar-refractivity contribution < 1.29 is 4.74 Å². The van der Waals surface area contributed by atoms with Crippen molar-refractivity contribution in [1.29, 1.82) is 0 Å². The minimum Gasteiger partial charge on any atom is -0.491 e. The van der Waals surface area contributed by atoms with E-state index in [1.54, 1.807) is 0 Å². The molecule has 2 unspecified atom stereocenters. The van der Waals surface area contributed by atoms with E-state index in [1.807, 2.05) is 20.9 Å². The molecule has 0 fully saturated rings. The molecule has 3 nitrogen and oxygen atoms in total. The van der Waals surface area contributed by atoms with Crippen LogP contribution in [0.1, 0.15) is 45.7 Å². The second kappa shape index (κ2) is 9.06. The Labute approximate surface area is 130 Å². The maximum absolute atomic E-state index is 5.70. The van der Waals surface area contributed by atoms with E-state index in [2.05, 4.69) is 55.4 Å². The van der Waals surface area contributed by atoms with Gasteiger partial charge in [0, 0.05) is 19.1 Å². The summed E-state index contributed by atoms with van der Waals surface area (Å²) in [5.41, 5.74) is 1.31. The molecule has 0 spiro atoms. The fourth-order valence-electron chi connectivity index (χ4n) is 2.46. The summed E-state index contributed by atoms with van der Waals surface area (Å²) in [6.07, 6.45) is 1.45. The first-order chi connectivity index (χ1) is 9.96. The van der Waals surface area contributed by atoms with E-state index in [9.17, 15) is 0 Å². The van der Waals surface area contributed by atoms with E-state index < -0.39 is 0 Å². The third-order valence-corrected chi connectivity index (χ3v) is 3.82.